The summed E-state index contributed by atoms with van der Waals surface area (Å²) < 4.78 is 5.20. The van der Waals surface area contributed by atoms with E-state index in [-0.39, 0.29) is 12.2 Å². The lowest BCUT2D eigenvalue weighted by molar-refractivity contribution is -0.165. The quantitative estimate of drug-likeness (QED) is 0.419. The average Bonchev–Trinajstić information content (AvgIpc) is 1.97. The molecule has 4 nitrogen and oxygen atoms in total. The van der Waals surface area contributed by atoms with E-state index >= 15 is 0 Å². The zero-order valence-electron chi connectivity index (χ0n) is 6.77. The van der Waals surface area contributed by atoms with Gasteiger partial charge < -0.3 is 20.7 Å². The lowest BCUT2D eigenvalue weighted by Crippen LogP contribution is -2.59. The van der Waals surface area contributed by atoms with Crippen molar-refractivity contribution in [3.8, 4) is 0 Å². The van der Waals surface area contributed by atoms with Gasteiger partial charge in [-0.15, -0.1) is 0 Å². The van der Waals surface area contributed by atoms with Crippen LogP contribution in [-0.2, 0) is 4.74 Å². The molecule has 4 heteroatoms. The molecular weight excluding hydrogens is 146 g/mol. The second kappa shape index (κ2) is 3.06. The first-order valence-corrected chi connectivity index (χ1v) is 3.81. The number of hydrogen-bond acceptors (Lipinski definition) is 4. The highest BCUT2D eigenvalue weighted by Crippen LogP contribution is 2.18. The van der Waals surface area contributed by atoms with Crippen molar-refractivity contribution < 1.29 is 14.9 Å². The van der Waals surface area contributed by atoms with Crippen molar-refractivity contribution in [3.05, 3.63) is 0 Å². The van der Waals surface area contributed by atoms with E-state index in [9.17, 15) is 10.2 Å². The fourth-order valence-electron chi connectivity index (χ4n) is 1.33. The molecule has 1 saturated heterocycles. The Morgan fingerprint density at radius 3 is 1.82 bits per heavy atom. The van der Waals surface area contributed by atoms with Crippen LogP contribution >= 0.6 is 0 Å². The molecule has 5 atom stereocenters. The van der Waals surface area contributed by atoms with Gasteiger partial charge in [0.15, 0.2) is 0 Å². The molecule has 0 spiro atoms. The molecule has 66 valence electrons. The second-order valence-electron chi connectivity index (χ2n) is 3.10. The number of rotatable bonds is 0. The van der Waals surface area contributed by atoms with Crippen LogP contribution < -0.4 is 5.73 Å². The smallest absolute Gasteiger partial charge is 0.0975 e. The number of ether oxygens (including phenoxy) is 1. The molecule has 1 fully saturated rings. The van der Waals surface area contributed by atoms with E-state index in [2.05, 4.69) is 0 Å². The topological polar surface area (TPSA) is 75.7 Å². The Bertz CT molecular complexity index is 128. The van der Waals surface area contributed by atoms with Crippen LogP contribution in [0.2, 0.25) is 0 Å². The van der Waals surface area contributed by atoms with Gasteiger partial charge in [-0.05, 0) is 13.8 Å². The van der Waals surface area contributed by atoms with Crippen LogP contribution in [0, 0.1) is 0 Å². The summed E-state index contributed by atoms with van der Waals surface area (Å²) in [4.78, 5) is 0. The van der Waals surface area contributed by atoms with Gasteiger partial charge in [0.2, 0.25) is 0 Å². The molecule has 11 heavy (non-hydrogen) atoms. The van der Waals surface area contributed by atoms with Crippen molar-refractivity contribution >= 4 is 0 Å². The molecular formula is C7H15NO3. The van der Waals surface area contributed by atoms with Gasteiger partial charge in [0.05, 0.1) is 30.5 Å². The van der Waals surface area contributed by atoms with Crippen LogP contribution in [0.3, 0.4) is 0 Å². The fraction of sp³-hybridized carbons (Fsp3) is 1.00. The van der Waals surface area contributed by atoms with Crippen LogP contribution in [0.1, 0.15) is 13.8 Å². The molecule has 1 aliphatic rings. The lowest BCUT2D eigenvalue weighted by atomic mass is 9.95. The maximum Gasteiger partial charge on any atom is 0.0975 e. The minimum atomic E-state index is -0.763. The van der Waals surface area contributed by atoms with E-state index in [0.29, 0.717) is 0 Å². The fourth-order valence-corrected chi connectivity index (χ4v) is 1.33. The van der Waals surface area contributed by atoms with E-state index in [1.165, 1.54) is 0 Å². The SMILES string of the molecule is CC1O[C@H](C)[C@@H](O)C(N)[C@@H]1O. The average molecular weight is 161 g/mol. The van der Waals surface area contributed by atoms with Gasteiger partial charge >= 0.3 is 0 Å². The first-order valence-electron chi connectivity index (χ1n) is 3.81. The molecule has 0 bridgehead atoms. The molecule has 0 saturated carbocycles. The standard InChI is InChI=1S/C7H15NO3/c1-3-6(9)5(8)7(10)4(2)11-3/h3-7,9-10H,8H2,1-2H3/t3-,4?,5?,6-,7-/m1/s1. The third kappa shape index (κ3) is 1.54. The third-order valence-electron chi connectivity index (χ3n) is 2.18. The van der Waals surface area contributed by atoms with Crippen LogP contribution in [0.25, 0.3) is 0 Å². The highest BCUT2D eigenvalue weighted by Gasteiger charge is 2.38. The van der Waals surface area contributed by atoms with Crippen LogP contribution in [0.15, 0.2) is 0 Å². The minimum Gasteiger partial charge on any atom is -0.389 e. The summed E-state index contributed by atoms with van der Waals surface area (Å²) >= 11 is 0. The van der Waals surface area contributed by atoms with Crippen molar-refractivity contribution in [1.82, 2.24) is 0 Å². The normalized spacial score (nSPS) is 52.6. The zero-order chi connectivity index (χ0) is 8.59. The summed E-state index contributed by atoms with van der Waals surface area (Å²) in [5.41, 5.74) is 5.52. The molecule has 1 heterocycles. The van der Waals surface area contributed by atoms with Crippen LogP contribution in [0.4, 0.5) is 0 Å². The van der Waals surface area contributed by atoms with E-state index < -0.39 is 18.2 Å². The molecule has 4 N–H and O–H groups in total. The van der Waals surface area contributed by atoms with Gasteiger partial charge in [-0.3, -0.25) is 0 Å². The largest absolute Gasteiger partial charge is 0.389 e. The Balaban J connectivity index is 2.63. The van der Waals surface area contributed by atoms with E-state index in [1.54, 1.807) is 13.8 Å². The number of hydrogen-bond donors (Lipinski definition) is 3. The van der Waals surface area contributed by atoms with E-state index in [4.69, 9.17) is 10.5 Å². The van der Waals surface area contributed by atoms with Crippen molar-refractivity contribution in [2.45, 2.75) is 44.3 Å². The molecule has 0 aromatic heterocycles. The second-order valence-corrected chi connectivity index (χ2v) is 3.10. The zero-order valence-corrected chi connectivity index (χ0v) is 6.77. The summed E-state index contributed by atoms with van der Waals surface area (Å²) in [5, 5.41) is 18.6. The summed E-state index contributed by atoms with van der Waals surface area (Å²) in [5.74, 6) is 0. The summed E-state index contributed by atoms with van der Waals surface area (Å²) in [6.07, 6.45) is -2.10. The van der Waals surface area contributed by atoms with Gasteiger partial charge in [0, 0.05) is 0 Å². The van der Waals surface area contributed by atoms with Gasteiger partial charge in [0.1, 0.15) is 0 Å². The maximum atomic E-state index is 9.32. The summed E-state index contributed by atoms with van der Waals surface area (Å²) in [6, 6.07) is -0.589. The number of nitrogens with two attached hydrogens (primary N) is 1. The Kier molecular flexibility index (Phi) is 2.49. The highest BCUT2D eigenvalue weighted by atomic mass is 16.5. The van der Waals surface area contributed by atoms with Gasteiger partial charge in [0.25, 0.3) is 0 Å². The van der Waals surface area contributed by atoms with Crippen molar-refractivity contribution in [3.63, 3.8) is 0 Å². The van der Waals surface area contributed by atoms with Crippen LogP contribution in [-0.4, -0.2) is 40.7 Å². The molecule has 0 radical (unpaired) electrons. The first-order chi connectivity index (χ1) is 5.04. The van der Waals surface area contributed by atoms with Crippen molar-refractivity contribution in [2.75, 3.05) is 0 Å². The Labute approximate surface area is 66.0 Å². The Morgan fingerprint density at radius 1 is 1.09 bits per heavy atom. The molecule has 0 amide bonds. The molecule has 0 aliphatic carbocycles. The molecule has 0 aromatic carbocycles. The monoisotopic (exact) mass is 161 g/mol. The minimum absolute atomic E-state index is 0.289. The van der Waals surface area contributed by atoms with E-state index in [0.717, 1.165) is 0 Å². The third-order valence-corrected chi connectivity index (χ3v) is 2.18. The van der Waals surface area contributed by atoms with Crippen LogP contribution in [0.5, 0.6) is 0 Å². The Morgan fingerprint density at radius 2 is 1.45 bits per heavy atom. The van der Waals surface area contributed by atoms with Gasteiger partial charge in [-0.1, -0.05) is 0 Å². The summed E-state index contributed by atoms with van der Waals surface area (Å²) in [6.45, 7) is 3.49. The predicted molar refractivity (Wildman–Crippen MR) is 40.0 cm³/mol. The number of aliphatic hydroxyl groups is 2. The summed E-state index contributed by atoms with van der Waals surface area (Å²) in [7, 11) is 0. The molecule has 2 unspecified atom stereocenters. The van der Waals surface area contributed by atoms with Crippen molar-refractivity contribution in [2.24, 2.45) is 5.73 Å². The molecule has 1 rings (SSSR count). The highest BCUT2D eigenvalue weighted by molar-refractivity contribution is 4.91. The molecule has 0 aromatic rings. The van der Waals surface area contributed by atoms with Crippen molar-refractivity contribution in [1.29, 1.82) is 0 Å². The number of aliphatic hydroxyl groups excluding tert-OH is 2. The first kappa shape index (κ1) is 8.93. The lowest BCUT2D eigenvalue weighted by Gasteiger charge is -2.38. The molecule has 1 aliphatic heterocycles. The Hall–Kier alpha value is -0.160. The van der Waals surface area contributed by atoms with Gasteiger partial charge in [-0.2, -0.15) is 0 Å². The van der Waals surface area contributed by atoms with E-state index in [1.807, 2.05) is 0 Å². The van der Waals surface area contributed by atoms with Gasteiger partial charge in [-0.25, -0.2) is 0 Å². The maximum absolute atomic E-state index is 9.32. The predicted octanol–water partition coefficient (Wildman–Crippen LogP) is -1.16.